The first-order valence-electron chi connectivity index (χ1n) is 8.43. The van der Waals surface area contributed by atoms with Crippen molar-refractivity contribution in [1.29, 1.82) is 0 Å². The molecule has 0 saturated carbocycles. The van der Waals surface area contributed by atoms with Gasteiger partial charge >= 0.3 is 0 Å². The molecule has 4 nitrogen and oxygen atoms in total. The fourth-order valence-corrected chi connectivity index (χ4v) is 3.51. The Labute approximate surface area is 134 Å². The molecule has 1 aliphatic heterocycles. The SMILES string of the molecule is COC1(C)C=C(C(=O)NCCN2CCCC2)C=CC1C(C)C. The van der Waals surface area contributed by atoms with Crippen LogP contribution in [0.2, 0.25) is 0 Å². The van der Waals surface area contributed by atoms with E-state index in [-0.39, 0.29) is 5.91 Å². The average molecular weight is 306 g/mol. The Hall–Kier alpha value is -1.13. The lowest BCUT2D eigenvalue weighted by Gasteiger charge is -2.37. The monoisotopic (exact) mass is 306 g/mol. The van der Waals surface area contributed by atoms with Gasteiger partial charge in [-0.25, -0.2) is 0 Å². The molecule has 2 unspecified atom stereocenters. The number of amides is 1. The molecule has 2 aliphatic rings. The van der Waals surface area contributed by atoms with Gasteiger partial charge in [0.2, 0.25) is 0 Å². The number of nitrogens with one attached hydrogen (secondary N) is 1. The highest BCUT2D eigenvalue weighted by atomic mass is 16.5. The number of methoxy groups -OCH3 is 1. The molecule has 1 fully saturated rings. The van der Waals surface area contributed by atoms with Crippen molar-refractivity contribution in [2.45, 2.75) is 39.2 Å². The molecule has 1 aliphatic carbocycles. The van der Waals surface area contributed by atoms with Crippen LogP contribution >= 0.6 is 0 Å². The highest BCUT2D eigenvalue weighted by Gasteiger charge is 2.36. The highest BCUT2D eigenvalue weighted by Crippen LogP contribution is 2.35. The van der Waals surface area contributed by atoms with Gasteiger partial charge in [0, 0.05) is 31.7 Å². The van der Waals surface area contributed by atoms with E-state index in [0.29, 0.717) is 24.0 Å². The first-order chi connectivity index (χ1) is 10.5. The van der Waals surface area contributed by atoms with Gasteiger partial charge in [-0.05, 0) is 44.8 Å². The summed E-state index contributed by atoms with van der Waals surface area (Å²) < 4.78 is 5.70. The van der Waals surface area contributed by atoms with Crippen molar-refractivity contribution in [2.24, 2.45) is 11.8 Å². The molecular weight excluding hydrogens is 276 g/mol. The van der Waals surface area contributed by atoms with Gasteiger partial charge < -0.3 is 15.0 Å². The summed E-state index contributed by atoms with van der Waals surface area (Å²) in [6.07, 6.45) is 8.60. The Morgan fingerprint density at radius 1 is 1.45 bits per heavy atom. The summed E-state index contributed by atoms with van der Waals surface area (Å²) in [6.45, 7) is 10.4. The maximum Gasteiger partial charge on any atom is 0.251 e. The molecule has 0 aromatic heterocycles. The summed E-state index contributed by atoms with van der Waals surface area (Å²) in [6, 6.07) is 0. The molecule has 0 bridgehead atoms. The zero-order valence-electron chi connectivity index (χ0n) is 14.4. The molecule has 0 aromatic rings. The summed E-state index contributed by atoms with van der Waals surface area (Å²) in [5.74, 6) is 0.761. The maximum absolute atomic E-state index is 12.3. The molecule has 1 saturated heterocycles. The van der Waals surface area contributed by atoms with Gasteiger partial charge in [0.05, 0.1) is 5.60 Å². The normalized spacial score (nSPS) is 29.0. The zero-order valence-corrected chi connectivity index (χ0v) is 14.4. The van der Waals surface area contributed by atoms with Crippen LogP contribution in [0.4, 0.5) is 0 Å². The van der Waals surface area contributed by atoms with Crippen LogP contribution in [0.25, 0.3) is 0 Å². The van der Waals surface area contributed by atoms with Crippen molar-refractivity contribution in [3.8, 4) is 0 Å². The summed E-state index contributed by atoms with van der Waals surface area (Å²) in [5.41, 5.74) is 0.299. The van der Waals surface area contributed by atoms with Gasteiger partial charge in [0.15, 0.2) is 0 Å². The maximum atomic E-state index is 12.3. The predicted octanol–water partition coefficient (Wildman–Crippen LogP) is 2.37. The average Bonchev–Trinajstić information content (AvgIpc) is 3.00. The molecular formula is C18H30N2O2. The molecule has 22 heavy (non-hydrogen) atoms. The number of ether oxygens (including phenoxy) is 1. The first kappa shape index (κ1) is 17.2. The van der Waals surface area contributed by atoms with E-state index in [1.165, 1.54) is 12.8 Å². The Morgan fingerprint density at radius 3 is 2.73 bits per heavy atom. The van der Waals surface area contributed by atoms with Crippen molar-refractivity contribution < 1.29 is 9.53 Å². The van der Waals surface area contributed by atoms with E-state index in [4.69, 9.17) is 4.74 Å². The molecule has 0 spiro atoms. The van der Waals surface area contributed by atoms with Crippen LogP contribution in [-0.2, 0) is 9.53 Å². The third kappa shape index (κ3) is 3.99. The van der Waals surface area contributed by atoms with Crippen LogP contribution in [-0.4, -0.2) is 49.7 Å². The Morgan fingerprint density at radius 2 is 2.14 bits per heavy atom. The fourth-order valence-electron chi connectivity index (χ4n) is 3.51. The van der Waals surface area contributed by atoms with E-state index < -0.39 is 5.60 Å². The largest absolute Gasteiger partial charge is 0.374 e. The van der Waals surface area contributed by atoms with Crippen LogP contribution in [0.15, 0.2) is 23.8 Å². The number of hydrogen-bond donors (Lipinski definition) is 1. The number of likely N-dealkylation sites (tertiary alicyclic amines) is 1. The highest BCUT2D eigenvalue weighted by molar-refractivity contribution is 5.96. The molecule has 2 rings (SSSR count). The molecule has 1 heterocycles. The van der Waals surface area contributed by atoms with E-state index in [2.05, 4.69) is 37.1 Å². The summed E-state index contributed by atoms with van der Waals surface area (Å²) in [5, 5.41) is 3.03. The van der Waals surface area contributed by atoms with Gasteiger partial charge in [-0.1, -0.05) is 26.0 Å². The second kappa shape index (κ2) is 7.42. The number of nitrogens with zero attached hydrogens (tertiary/aromatic N) is 1. The van der Waals surface area contributed by atoms with E-state index in [1.807, 2.05) is 12.2 Å². The van der Waals surface area contributed by atoms with Crippen molar-refractivity contribution in [1.82, 2.24) is 10.2 Å². The standard InChI is InChI=1S/C18H30N2O2/c1-14(2)16-8-7-15(13-18(16,3)22-4)17(21)19-9-12-20-10-5-6-11-20/h7-8,13-14,16H,5-6,9-12H2,1-4H3,(H,19,21). The Bertz CT molecular complexity index is 450. The van der Waals surface area contributed by atoms with Crippen LogP contribution in [0.5, 0.6) is 0 Å². The molecule has 1 N–H and O–H groups in total. The topological polar surface area (TPSA) is 41.6 Å². The lowest BCUT2D eigenvalue weighted by atomic mass is 9.76. The molecule has 0 radical (unpaired) electrons. The smallest absolute Gasteiger partial charge is 0.251 e. The van der Waals surface area contributed by atoms with E-state index >= 15 is 0 Å². The molecule has 1 amide bonds. The Balaban J connectivity index is 1.91. The van der Waals surface area contributed by atoms with Gasteiger partial charge in [-0.2, -0.15) is 0 Å². The third-order valence-corrected chi connectivity index (χ3v) is 4.92. The van der Waals surface area contributed by atoms with Gasteiger partial charge in [0.1, 0.15) is 0 Å². The van der Waals surface area contributed by atoms with Crippen molar-refractivity contribution in [2.75, 3.05) is 33.3 Å². The molecule has 4 heteroatoms. The van der Waals surface area contributed by atoms with Crippen molar-refractivity contribution in [3.05, 3.63) is 23.8 Å². The van der Waals surface area contributed by atoms with Crippen LogP contribution in [0.1, 0.15) is 33.6 Å². The minimum absolute atomic E-state index is 0.000859. The third-order valence-electron chi connectivity index (χ3n) is 4.92. The Kier molecular flexibility index (Phi) is 5.81. The number of rotatable bonds is 6. The van der Waals surface area contributed by atoms with Crippen LogP contribution < -0.4 is 5.32 Å². The quantitative estimate of drug-likeness (QED) is 0.819. The predicted molar refractivity (Wildman–Crippen MR) is 89.6 cm³/mol. The molecule has 124 valence electrons. The minimum Gasteiger partial charge on any atom is -0.374 e. The van der Waals surface area contributed by atoms with E-state index in [9.17, 15) is 4.79 Å². The number of hydrogen-bond acceptors (Lipinski definition) is 3. The van der Waals surface area contributed by atoms with Crippen LogP contribution in [0, 0.1) is 11.8 Å². The minimum atomic E-state index is -0.412. The summed E-state index contributed by atoms with van der Waals surface area (Å²) >= 11 is 0. The fraction of sp³-hybridized carbons (Fsp3) is 0.722. The second-order valence-electron chi connectivity index (χ2n) is 6.92. The lowest BCUT2D eigenvalue weighted by Crippen LogP contribution is -2.41. The van der Waals surface area contributed by atoms with Gasteiger partial charge in [0.25, 0.3) is 5.91 Å². The molecule has 0 aromatic carbocycles. The molecule has 2 atom stereocenters. The number of carbonyl (C=O) groups is 1. The van der Waals surface area contributed by atoms with E-state index in [1.54, 1.807) is 7.11 Å². The van der Waals surface area contributed by atoms with Crippen molar-refractivity contribution >= 4 is 5.91 Å². The lowest BCUT2D eigenvalue weighted by molar-refractivity contribution is -0.117. The van der Waals surface area contributed by atoms with Gasteiger partial charge in [-0.15, -0.1) is 0 Å². The summed E-state index contributed by atoms with van der Waals surface area (Å²) in [4.78, 5) is 14.7. The van der Waals surface area contributed by atoms with Gasteiger partial charge in [-0.3, -0.25) is 4.79 Å². The van der Waals surface area contributed by atoms with Crippen LogP contribution in [0.3, 0.4) is 0 Å². The second-order valence-corrected chi connectivity index (χ2v) is 6.92. The first-order valence-corrected chi connectivity index (χ1v) is 8.43. The number of carbonyl (C=O) groups excluding carboxylic acids is 1. The zero-order chi connectivity index (χ0) is 16.2. The summed E-state index contributed by atoms with van der Waals surface area (Å²) in [7, 11) is 1.72. The van der Waals surface area contributed by atoms with E-state index in [0.717, 1.165) is 19.6 Å². The van der Waals surface area contributed by atoms with Crippen molar-refractivity contribution in [3.63, 3.8) is 0 Å².